The maximum Gasteiger partial charge on any atom is 0.247 e. The van der Waals surface area contributed by atoms with Gasteiger partial charge >= 0.3 is 0 Å². The average Bonchev–Trinajstić information content (AvgIpc) is 2.39. The molecular formula is C13H17FN2O. The molecule has 2 rings (SSSR count). The van der Waals surface area contributed by atoms with Crippen LogP contribution in [0.3, 0.4) is 0 Å². The number of nitrogens with zero attached hydrogens (tertiary/aromatic N) is 1. The van der Waals surface area contributed by atoms with Crippen molar-refractivity contribution in [1.82, 2.24) is 10.4 Å². The minimum absolute atomic E-state index is 0.271. The van der Waals surface area contributed by atoms with Crippen LogP contribution in [0.15, 0.2) is 30.3 Å². The molecule has 0 saturated carbocycles. The summed E-state index contributed by atoms with van der Waals surface area (Å²) in [6.45, 7) is 2.62. The maximum atomic E-state index is 13.5. The number of amides is 1. The zero-order valence-corrected chi connectivity index (χ0v) is 9.90. The van der Waals surface area contributed by atoms with Crippen LogP contribution >= 0.6 is 0 Å². The van der Waals surface area contributed by atoms with Crippen LogP contribution in [-0.2, 0) is 4.79 Å². The van der Waals surface area contributed by atoms with Crippen LogP contribution in [0.4, 0.5) is 4.48 Å². The number of rotatable bonds is 2. The first kappa shape index (κ1) is 12.0. The summed E-state index contributed by atoms with van der Waals surface area (Å²) in [7, 11) is 0. The fraction of sp³-hybridized carbons (Fsp3) is 0.462. The van der Waals surface area contributed by atoms with Crippen LogP contribution in [0.2, 0.25) is 0 Å². The van der Waals surface area contributed by atoms with Gasteiger partial charge in [-0.15, -0.1) is 0 Å². The maximum absolute atomic E-state index is 13.5. The summed E-state index contributed by atoms with van der Waals surface area (Å²) in [6, 6.07) is 9.67. The lowest BCUT2D eigenvalue weighted by atomic mass is 9.89. The molecule has 0 aromatic heterocycles. The van der Waals surface area contributed by atoms with Gasteiger partial charge in [-0.05, 0) is 17.9 Å². The number of hydrogen-bond acceptors (Lipinski definition) is 2. The molecule has 0 spiro atoms. The topological polar surface area (TPSA) is 32.3 Å². The number of hydrogen-bond donors (Lipinski definition) is 1. The van der Waals surface area contributed by atoms with E-state index in [1.54, 1.807) is 0 Å². The Morgan fingerprint density at radius 1 is 1.35 bits per heavy atom. The Bertz CT molecular complexity index is 382. The summed E-state index contributed by atoms with van der Waals surface area (Å²) in [5, 5.41) is 3.53. The molecule has 4 heteroatoms. The largest absolute Gasteiger partial charge is 0.314 e. The Morgan fingerprint density at radius 3 is 2.71 bits per heavy atom. The van der Waals surface area contributed by atoms with E-state index in [1.807, 2.05) is 30.3 Å². The van der Waals surface area contributed by atoms with Crippen molar-refractivity contribution in [3.8, 4) is 0 Å². The SMILES string of the molecule is CC(=O)N(F)C1CNCC(c2ccccc2)C1. The van der Waals surface area contributed by atoms with Gasteiger partial charge in [0.25, 0.3) is 0 Å². The highest BCUT2D eigenvalue weighted by molar-refractivity contribution is 5.72. The highest BCUT2D eigenvalue weighted by atomic mass is 19.2. The van der Waals surface area contributed by atoms with Gasteiger partial charge in [-0.2, -0.15) is 5.12 Å². The van der Waals surface area contributed by atoms with E-state index in [4.69, 9.17) is 0 Å². The molecule has 0 bridgehead atoms. The number of benzene rings is 1. The second kappa shape index (κ2) is 5.27. The lowest BCUT2D eigenvalue weighted by molar-refractivity contribution is -0.150. The van der Waals surface area contributed by atoms with Gasteiger partial charge in [0, 0.05) is 20.0 Å². The van der Waals surface area contributed by atoms with Crippen LogP contribution < -0.4 is 5.32 Å². The zero-order chi connectivity index (χ0) is 12.3. The Morgan fingerprint density at radius 2 is 2.06 bits per heavy atom. The summed E-state index contributed by atoms with van der Waals surface area (Å²) < 4.78 is 13.5. The first-order valence-corrected chi connectivity index (χ1v) is 5.89. The third-order valence-corrected chi connectivity index (χ3v) is 3.22. The van der Waals surface area contributed by atoms with E-state index >= 15 is 0 Å². The van der Waals surface area contributed by atoms with Gasteiger partial charge in [-0.25, -0.2) is 0 Å². The van der Waals surface area contributed by atoms with Crippen LogP contribution in [0.5, 0.6) is 0 Å². The normalized spacial score (nSPS) is 24.4. The smallest absolute Gasteiger partial charge is 0.247 e. The average molecular weight is 236 g/mol. The van der Waals surface area contributed by atoms with E-state index in [2.05, 4.69) is 5.32 Å². The van der Waals surface area contributed by atoms with Crippen molar-refractivity contribution in [2.24, 2.45) is 0 Å². The second-order valence-electron chi connectivity index (χ2n) is 4.49. The summed E-state index contributed by atoms with van der Waals surface area (Å²) in [4.78, 5) is 11.0. The third kappa shape index (κ3) is 2.82. The molecule has 92 valence electrons. The van der Waals surface area contributed by atoms with Crippen molar-refractivity contribution < 1.29 is 9.28 Å². The van der Waals surface area contributed by atoms with E-state index in [0.717, 1.165) is 6.54 Å². The summed E-state index contributed by atoms with van der Waals surface area (Å²) in [5.41, 5.74) is 1.20. The van der Waals surface area contributed by atoms with E-state index in [1.165, 1.54) is 12.5 Å². The first-order valence-electron chi connectivity index (χ1n) is 5.89. The lowest BCUT2D eigenvalue weighted by Gasteiger charge is -2.32. The van der Waals surface area contributed by atoms with Gasteiger partial charge in [0.1, 0.15) is 0 Å². The van der Waals surface area contributed by atoms with E-state index in [0.29, 0.717) is 18.1 Å². The highest BCUT2D eigenvalue weighted by Crippen LogP contribution is 2.25. The molecule has 0 radical (unpaired) electrons. The van der Waals surface area contributed by atoms with Gasteiger partial charge < -0.3 is 5.32 Å². The summed E-state index contributed by atoms with van der Waals surface area (Å²) >= 11 is 0. The number of halogens is 1. The molecule has 0 aliphatic carbocycles. The van der Waals surface area contributed by atoms with Gasteiger partial charge in [-0.1, -0.05) is 34.8 Å². The minimum atomic E-state index is -0.523. The monoisotopic (exact) mass is 236 g/mol. The van der Waals surface area contributed by atoms with E-state index in [9.17, 15) is 9.28 Å². The number of nitrogens with one attached hydrogen (secondary N) is 1. The molecule has 1 N–H and O–H groups in total. The summed E-state index contributed by atoms with van der Waals surface area (Å²) in [6.07, 6.45) is 0.674. The van der Waals surface area contributed by atoms with Crippen molar-refractivity contribution in [3.05, 3.63) is 35.9 Å². The lowest BCUT2D eigenvalue weighted by Crippen LogP contribution is -2.46. The van der Waals surface area contributed by atoms with Crippen LogP contribution in [0.1, 0.15) is 24.8 Å². The van der Waals surface area contributed by atoms with Gasteiger partial charge in [0.05, 0.1) is 6.04 Å². The molecule has 17 heavy (non-hydrogen) atoms. The Kier molecular flexibility index (Phi) is 3.74. The molecule has 1 aromatic carbocycles. The Labute approximate surface area is 101 Å². The predicted molar refractivity (Wildman–Crippen MR) is 64.1 cm³/mol. The molecule has 2 unspecified atom stereocenters. The van der Waals surface area contributed by atoms with Crippen molar-refractivity contribution >= 4 is 5.91 Å². The Balaban J connectivity index is 2.05. The molecule has 1 aliphatic heterocycles. The van der Waals surface area contributed by atoms with Gasteiger partial charge in [-0.3, -0.25) is 4.79 Å². The van der Waals surface area contributed by atoms with Crippen LogP contribution in [0, 0.1) is 0 Å². The molecule has 1 heterocycles. The third-order valence-electron chi connectivity index (χ3n) is 3.22. The molecule has 1 amide bonds. The first-order chi connectivity index (χ1) is 8.18. The second-order valence-corrected chi connectivity index (χ2v) is 4.49. The predicted octanol–water partition coefficient (Wildman–Crippen LogP) is 1.87. The number of carbonyl (C=O) groups excluding carboxylic acids is 1. The standard InChI is InChI=1S/C13H17FN2O/c1-10(17)16(14)13-7-12(8-15-9-13)11-5-3-2-4-6-11/h2-6,12-13,15H,7-9H2,1H3. The fourth-order valence-corrected chi connectivity index (χ4v) is 2.33. The zero-order valence-electron chi connectivity index (χ0n) is 9.90. The quantitative estimate of drug-likeness (QED) is 0.795. The Hall–Kier alpha value is -1.42. The molecular weight excluding hydrogens is 219 g/mol. The van der Waals surface area contributed by atoms with Crippen molar-refractivity contribution in [1.29, 1.82) is 0 Å². The van der Waals surface area contributed by atoms with E-state index < -0.39 is 5.91 Å². The number of piperidine rings is 1. The minimum Gasteiger partial charge on any atom is -0.314 e. The summed E-state index contributed by atoms with van der Waals surface area (Å²) in [5.74, 6) is -0.252. The van der Waals surface area contributed by atoms with Crippen molar-refractivity contribution in [2.75, 3.05) is 13.1 Å². The number of carbonyl (C=O) groups is 1. The van der Waals surface area contributed by atoms with Gasteiger partial charge in [0.2, 0.25) is 5.91 Å². The molecule has 1 saturated heterocycles. The molecule has 3 nitrogen and oxygen atoms in total. The van der Waals surface area contributed by atoms with Crippen LogP contribution in [0.25, 0.3) is 0 Å². The molecule has 1 aliphatic rings. The van der Waals surface area contributed by atoms with E-state index in [-0.39, 0.29) is 12.0 Å². The molecule has 1 fully saturated rings. The van der Waals surface area contributed by atoms with Crippen LogP contribution in [-0.4, -0.2) is 30.2 Å². The molecule has 1 aromatic rings. The highest BCUT2D eigenvalue weighted by Gasteiger charge is 2.29. The molecule has 2 atom stereocenters. The van der Waals surface area contributed by atoms with Gasteiger partial charge in [0.15, 0.2) is 0 Å². The fourth-order valence-electron chi connectivity index (χ4n) is 2.33. The van der Waals surface area contributed by atoms with Crippen molar-refractivity contribution in [3.63, 3.8) is 0 Å². The van der Waals surface area contributed by atoms with Crippen molar-refractivity contribution in [2.45, 2.75) is 25.3 Å².